The van der Waals surface area contributed by atoms with E-state index in [1.165, 1.54) is 43.8 Å². The molecule has 2 aliphatic carbocycles. The molecule has 0 spiro atoms. The Labute approximate surface area is 199 Å². The van der Waals surface area contributed by atoms with Crippen molar-refractivity contribution in [2.45, 2.75) is 23.7 Å². The Kier molecular flexibility index (Phi) is 4.26. The minimum absolute atomic E-state index is 0.401. The van der Waals surface area contributed by atoms with Crippen LogP contribution in [0.4, 0.5) is 0 Å². The lowest BCUT2D eigenvalue weighted by molar-refractivity contribution is 0.229. The number of hydrogen-bond donors (Lipinski definition) is 0. The van der Waals surface area contributed by atoms with Crippen LogP contribution in [0.15, 0.2) is 97.1 Å². The minimum atomic E-state index is 0.401. The summed E-state index contributed by atoms with van der Waals surface area (Å²) >= 11 is 0. The monoisotopic (exact) mass is 442 g/mol. The van der Waals surface area contributed by atoms with E-state index >= 15 is 0 Å². The Hall–Kier alpha value is -3.78. The lowest BCUT2D eigenvalue weighted by atomic mass is 9.47. The lowest BCUT2D eigenvalue weighted by Crippen LogP contribution is -2.41. The topological polar surface area (TPSA) is 18.5 Å². The third-order valence-corrected chi connectivity index (χ3v) is 8.22. The second-order valence-corrected chi connectivity index (χ2v) is 9.61. The molecule has 0 amide bonds. The van der Waals surface area contributed by atoms with Crippen molar-refractivity contribution in [3.63, 3.8) is 0 Å². The molecule has 0 saturated heterocycles. The van der Waals surface area contributed by atoms with Crippen molar-refractivity contribution in [2.24, 2.45) is 0 Å². The molecule has 0 aliphatic heterocycles. The van der Waals surface area contributed by atoms with Crippen molar-refractivity contribution in [3.8, 4) is 11.5 Å². The summed E-state index contributed by atoms with van der Waals surface area (Å²) in [5.74, 6) is 3.51. The van der Waals surface area contributed by atoms with Crippen LogP contribution in [-0.2, 0) is 0 Å². The molecule has 166 valence electrons. The van der Waals surface area contributed by atoms with Crippen molar-refractivity contribution in [3.05, 3.63) is 119 Å². The van der Waals surface area contributed by atoms with Gasteiger partial charge in [-0.3, -0.25) is 0 Å². The Bertz CT molecular complexity index is 1410. The number of methoxy groups -OCH3 is 2. The molecule has 1 fully saturated rings. The van der Waals surface area contributed by atoms with E-state index in [-0.39, 0.29) is 0 Å². The second-order valence-electron chi connectivity index (χ2n) is 9.61. The van der Waals surface area contributed by atoms with Crippen molar-refractivity contribution >= 4 is 21.5 Å². The Balaban J connectivity index is 1.48. The molecule has 7 rings (SSSR count). The van der Waals surface area contributed by atoms with Crippen molar-refractivity contribution in [2.75, 3.05) is 14.2 Å². The first-order valence-electron chi connectivity index (χ1n) is 12.0. The van der Waals surface area contributed by atoms with Gasteiger partial charge in [0.15, 0.2) is 0 Å². The van der Waals surface area contributed by atoms with Crippen LogP contribution in [-0.4, -0.2) is 14.2 Å². The number of hydrogen-bond acceptors (Lipinski definition) is 2. The summed E-state index contributed by atoms with van der Waals surface area (Å²) in [5, 5.41) is 5.58. The predicted molar refractivity (Wildman–Crippen MR) is 138 cm³/mol. The van der Waals surface area contributed by atoms with Gasteiger partial charge >= 0.3 is 0 Å². The molecule has 1 saturated carbocycles. The van der Waals surface area contributed by atoms with E-state index in [0.717, 1.165) is 11.5 Å². The van der Waals surface area contributed by atoms with E-state index in [4.69, 9.17) is 9.47 Å². The summed E-state index contributed by atoms with van der Waals surface area (Å²) in [6.07, 6.45) is 0. The highest BCUT2D eigenvalue weighted by Gasteiger charge is 2.55. The van der Waals surface area contributed by atoms with Crippen LogP contribution >= 0.6 is 0 Å². The molecule has 2 nitrogen and oxygen atoms in total. The third kappa shape index (κ3) is 2.63. The van der Waals surface area contributed by atoms with Crippen LogP contribution in [0.25, 0.3) is 21.5 Å². The van der Waals surface area contributed by atoms with Gasteiger partial charge in [0.1, 0.15) is 11.5 Å². The zero-order chi connectivity index (χ0) is 22.8. The summed E-state index contributed by atoms with van der Waals surface area (Å²) in [6, 6.07) is 35.8. The first kappa shape index (κ1) is 19.7. The summed E-state index contributed by atoms with van der Waals surface area (Å²) < 4.78 is 10.9. The quantitative estimate of drug-likeness (QED) is 0.265. The van der Waals surface area contributed by atoms with Crippen LogP contribution in [0.2, 0.25) is 0 Å². The largest absolute Gasteiger partial charge is 0.497 e. The van der Waals surface area contributed by atoms with Gasteiger partial charge in [0.05, 0.1) is 14.2 Å². The van der Waals surface area contributed by atoms with E-state index < -0.39 is 0 Å². The molecule has 2 heteroatoms. The van der Waals surface area contributed by atoms with Gasteiger partial charge in [-0.05, 0) is 91.7 Å². The molecule has 2 aliphatic rings. The zero-order valence-corrected chi connectivity index (χ0v) is 19.4. The summed E-state index contributed by atoms with van der Waals surface area (Å²) in [7, 11) is 3.46. The van der Waals surface area contributed by atoms with E-state index in [1.807, 2.05) is 0 Å². The maximum absolute atomic E-state index is 5.46. The van der Waals surface area contributed by atoms with Crippen LogP contribution in [0.3, 0.4) is 0 Å². The van der Waals surface area contributed by atoms with Gasteiger partial charge in [0.2, 0.25) is 0 Å². The summed E-state index contributed by atoms with van der Waals surface area (Å²) in [4.78, 5) is 0. The number of ether oxygens (including phenoxy) is 2. The maximum atomic E-state index is 5.46. The second kappa shape index (κ2) is 7.36. The maximum Gasteiger partial charge on any atom is 0.118 e. The molecule has 0 unspecified atom stereocenters. The molecule has 0 heterocycles. The standard InChI is InChI=1S/C32H26O2/c1-33-23-15-11-21(12-16-23)29-30(22-13-17-24(34-2)18-14-22)32-26-8-4-6-20-10-9-19-5-3-7-25(31(29)32)27(19)28(20)26/h3-18,29-32H,1-2H3/t29-,30-,31-,32+/m0/s1. The van der Waals surface area contributed by atoms with Crippen molar-refractivity contribution in [1.29, 1.82) is 0 Å². The Morgan fingerprint density at radius 1 is 0.441 bits per heavy atom. The smallest absolute Gasteiger partial charge is 0.118 e. The first-order chi connectivity index (χ1) is 16.8. The van der Waals surface area contributed by atoms with Crippen LogP contribution < -0.4 is 9.47 Å². The van der Waals surface area contributed by atoms with Gasteiger partial charge in [-0.2, -0.15) is 0 Å². The molecule has 0 bridgehead atoms. The fourth-order valence-electron chi connectivity index (χ4n) is 6.77. The fraction of sp³-hybridized carbons (Fsp3) is 0.188. The molecule has 0 aromatic heterocycles. The van der Waals surface area contributed by atoms with Gasteiger partial charge < -0.3 is 9.47 Å². The van der Waals surface area contributed by atoms with Crippen LogP contribution in [0.1, 0.15) is 45.9 Å². The van der Waals surface area contributed by atoms with Gasteiger partial charge in [0.25, 0.3) is 0 Å². The summed E-state index contributed by atoms with van der Waals surface area (Å²) in [6.45, 7) is 0. The van der Waals surface area contributed by atoms with E-state index in [9.17, 15) is 0 Å². The Morgan fingerprint density at radius 3 is 1.24 bits per heavy atom. The van der Waals surface area contributed by atoms with Gasteiger partial charge in [-0.1, -0.05) is 72.8 Å². The average molecular weight is 443 g/mol. The third-order valence-electron chi connectivity index (χ3n) is 8.22. The van der Waals surface area contributed by atoms with E-state index in [0.29, 0.717) is 23.7 Å². The molecule has 0 radical (unpaired) electrons. The molecular weight excluding hydrogens is 416 g/mol. The predicted octanol–water partition coefficient (Wildman–Crippen LogP) is 7.77. The highest BCUT2D eigenvalue weighted by atomic mass is 16.5. The number of benzene rings is 5. The zero-order valence-electron chi connectivity index (χ0n) is 19.4. The van der Waals surface area contributed by atoms with Gasteiger partial charge in [0, 0.05) is 0 Å². The number of fused-ring (bicyclic) bond motifs is 3. The van der Waals surface area contributed by atoms with Crippen molar-refractivity contribution in [1.82, 2.24) is 0 Å². The number of rotatable bonds is 4. The average Bonchev–Trinajstić information content (AvgIpc) is 2.88. The van der Waals surface area contributed by atoms with Crippen LogP contribution in [0, 0.1) is 0 Å². The normalized spacial score (nSPS) is 22.4. The molecule has 34 heavy (non-hydrogen) atoms. The Morgan fingerprint density at radius 2 is 0.853 bits per heavy atom. The molecule has 5 aromatic rings. The van der Waals surface area contributed by atoms with E-state index in [2.05, 4.69) is 97.1 Å². The highest BCUT2D eigenvalue weighted by Crippen LogP contribution is 2.70. The van der Waals surface area contributed by atoms with Gasteiger partial charge in [-0.15, -0.1) is 0 Å². The molecule has 0 N–H and O–H groups in total. The molecular formula is C32H26O2. The summed E-state index contributed by atoms with van der Waals surface area (Å²) in [5.41, 5.74) is 5.76. The minimum Gasteiger partial charge on any atom is -0.497 e. The van der Waals surface area contributed by atoms with Gasteiger partial charge in [-0.25, -0.2) is 0 Å². The fourth-order valence-corrected chi connectivity index (χ4v) is 6.77. The molecule has 4 atom stereocenters. The molecule has 5 aromatic carbocycles. The van der Waals surface area contributed by atoms with Crippen molar-refractivity contribution < 1.29 is 9.47 Å². The first-order valence-corrected chi connectivity index (χ1v) is 12.0. The van der Waals surface area contributed by atoms with Crippen LogP contribution in [0.5, 0.6) is 11.5 Å². The SMILES string of the molecule is COc1ccc([C@H]2[C@H](c3ccc(OC)cc3)[C@@H]3c4cccc5ccc6cccc(c6c45)[C@H]23)cc1. The van der Waals surface area contributed by atoms with E-state index in [1.54, 1.807) is 14.2 Å². The lowest BCUT2D eigenvalue weighted by Gasteiger charge is -2.56. The highest BCUT2D eigenvalue weighted by molar-refractivity contribution is 6.12.